The quantitative estimate of drug-likeness (QED) is 0.613. The maximum atomic E-state index is 9.06. The summed E-state index contributed by atoms with van der Waals surface area (Å²) >= 11 is 1.54. The fraction of sp³-hybridized carbons (Fsp3) is 0.385. The number of tetrazole rings is 1. The summed E-state index contributed by atoms with van der Waals surface area (Å²) in [5.74, 6) is 0.686. The van der Waals surface area contributed by atoms with Crippen LogP contribution in [0.25, 0.3) is 0 Å². The predicted molar refractivity (Wildman–Crippen MR) is 77.1 cm³/mol. The molecule has 20 heavy (non-hydrogen) atoms. The molecule has 1 aromatic carbocycles. The van der Waals surface area contributed by atoms with E-state index in [9.17, 15) is 0 Å². The smallest absolute Gasteiger partial charge is 0.209 e. The third-order valence-corrected chi connectivity index (χ3v) is 3.75. The van der Waals surface area contributed by atoms with Gasteiger partial charge in [-0.25, -0.2) is 4.68 Å². The Bertz CT molecular complexity index is 589. The van der Waals surface area contributed by atoms with Crippen molar-refractivity contribution in [2.24, 2.45) is 0 Å². The third-order valence-electron chi connectivity index (χ3n) is 2.74. The van der Waals surface area contributed by atoms with Crippen molar-refractivity contribution in [3.63, 3.8) is 0 Å². The van der Waals surface area contributed by atoms with Gasteiger partial charge in [-0.3, -0.25) is 0 Å². The monoisotopic (exact) mass is 288 g/mol. The molecule has 0 atom stereocenters. The molecule has 2 rings (SSSR count). The first-order valence-electron chi connectivity index (χ1n) is 6.42. The molecule has 0 saturated carbocycles. The molecule has 0 amide bonds. The first-order chi connectivity index (χ1) is 9.85. The average Bonchev–Trinajstić information content (AvgIpc) is 2.93. The van der Waals surface area contributed by atoms with Gasteiger partial charge in [-0.05, 0) is 28.6 Å². The zero-order chi connectivity index (χ0) is 14.2. The van der Waals surface area contributed by atoms with Crippen LogP contribution >= 0.6 is 11.8 Å². The first-order valence-corrected chi connectivity index (χ1v) is 7.41. The van der Waals surface area contributed by atoms with Crippen LogP contribution in [0.15, 0.2) is 29.4 Å². The number of hydrogen-bond donors (Lipinski definition) is 1. The summed E-state index contributed by atoms with van der Waals surface area (Å²) in [6.07, 6.45) is 0. The second-order valence-corrected chi connectivity index (χ2v) is 5.04. The first kappa shape index (κ1) is 14.5. The van der Waals surface area contributed by atoms with Gasteiger partial charge in [0.1, 0.15) is 0 Å². The number of aromatic nitrogens is 4. The molecule has 1 N–H and O–H groups in total. The molecule has 0 aliphatic carbocycles. The number of thioether (sulfide) groups is 1. The van der Waals surface area contributed by atoms with Crippen molar-refractivity contribution in [3.8, 4) is 6.07 Å². The van der Waals surface area contributed by atoms with Crippen molar-refractivity contribution in [2.75, 3.05) is 13.1 Å². The van der Waals surface area contributed by atoms with Crippen LogP contribution in [-0.4, -0.2) is 33.3 Å². The Kier molecular flexibility index (Phi) is 5.53. The minimum absolute atomic E-state index is 0.686. The molecule has 6 nitrogen and oxygen atoms in total. The van der Waals surface area contributed by atoms with Crippen LogP contribution in [0, 0.1) is 11.3 Å². The number of likely N-dealkylation sites (N-methyl/N-ethyl adjacent to an activating group) is 1. The SMILES string of the molecule is CCNCCn1nnnc1SCc1ccccc1C#N. The number of hydrogen-bond acceptors (Lipinski definition) is 6. The lowest BCUT2D eigenvalue weighted by atomic mass is 10.1. The van der Waals surface area contributed by atoms with Gasteiger partial charge in [0, 0.05) is 12.3 Å². The van der Waals surface area contributed by atoms with Gasteiger partial charge in [0.15, 0.2) is 0 Å². The van der Waals surface area contributed by atoms with Crippen LogP contribution in [0.4, 0.5) is 0 Å². The fourth-order valence-corrected chi connectivity index (χ4v) is 2.61. The van der Waals surface area contributed by atoms with E-state index in [4.69, 9.17) is 5.26 Å². The molecular weight excluding hydrogens is 272 g/mol. The Morgan fingerprint density at radius 2 is 2.25 bits per heavy atom. The minimum Gasteiger partial charge on any atom is -0.315 e. The Balaban J connectivity index is 1.97. The molecule has 0 aliphatic rings. The molecule has 0 radical (unpaired) electrons. The predicted octanol–water partition coefficient (Wildman–Crippen LogP) is 1.45. The van der Waals surface area contributed by atoms with Gasteiger partial charge in [-0.1, -0.05) is 36.9 Å². The molecule has 7 heteroatoms. The molecule has 0 saturated heterocycles. The Hall–Kier alpha value is -1.91. The van der Waals surface area contributed by atoms with Gasteiger partial charge in [-0.2, -0.15) is 5.26 Å². The molecule has 0 bridgehead atoms. The number of nitrogens with zero attached hydrogens (tertiary/aromatic N) is 5. The van der Waals surface area contributed by atoms with Gasteiger partial charge in [0.2, 0.25) is 5.16 Å². The van der Waals surface area contributed by atoms with Crippen molar-refractivity contribution in [2.45, 2.75) is 24.4 Å². The van der Waals surface area contributed by atoms with E-state index in [1.165, 1.54) is 0 Å². The standard InChI is InChI=1S/C13H16N6S/c1-2-15-7-8-19-13(16-17-18-19)20-10-12-6-4-3-5-11(12)9-14/h3-6,15H,2,7-8,10H2,1H3. The van der Waals surface area contributed by atoms with E-state index in [0.717, 1.165) is 30.4 Å². The zero-order valence-corrected chi connectivity index (χ0v) is 12.1. The van der Waals surface area contributed by atoms with E-state index in [1.54, 1.807) is 16.4 Å². The van der Waals surface area contributed by atoms with Crippen LogP contribution in [0.5, 0.6) is 0 Å². The van der Waals surface area contributed by atoms with Crippen LogP contribution in [0.3, 0.4) is 0 Å². The lowest BCUT2D eigenvalue weighted by Crippen LogP contribution is -2.20. The molecule has 1 heterocycles. The Morgan fingerprint density at radius 1 is 1.40 bits per heavy atom. The molecule has 0 spiro atoms. The Labute approximate surface area is 122 Å². The van der Waals surface area contributed by atoms with Crippen molar-refractivity contribution in [3.05, 3.63) is 35.4 Å². The number of nitriles is 1. The lowest BCUT2D eigenvalue weighted by Gasteiger charge is -2.05. The highest BCUT2D eigenvalue weighted by Gasteiger charge is 2.08. The van der Waals surface area contributed by atoms with Crippen LogP contribution in [0.1, 0.15) is 18.1 Å². The highest BCUT2D eigenvalue weighted by molar-refractivity contribution is 7.98. The van der Waals surface area contributed by atoms with Gasteiger partial charge in [-0.15, -0.1) is 5.10 Å². The van der Waals surface area contributed by atoms with E-state index in [0.29, 0.717) is 11.3 Å². The fourth-order valence-electron chi connectivity index (χ4n) is 1.70. The van der Waals surface area contributed by atoms with Crippen molar-refractivity contribution < 1.29 is 0 Å². The summed E-state index contributed by atoms with van der Waals surface area (Å²) in [5.41, 5.74) is 1.70. The van der Waals surface area contributed by atoms with Crippen molar-refractivity contribution >= 4 is 11.8 Å². The van der Waals surface area contributed by atoms with E-state index >= 15 is 0 Å². The van der Waals surface area contributed by atoms with E-state index < -0.39 is 0 Å². The third kappa shape index (κ3) is 3.79. The normalized spacial score (nSPS) is 10.4. The van der Waals surface area contributed by atoms with Crippen LogP contribution in [0.2, 0.25) is 0 Å². The van der Waals surface area contributed by atoms with Crippen molar-refractivity contribution in [1.29, 1.82) is 5.26 Å². The topological polar surface area (TPSA) is 79.4 Å². The van der Waals surface area contributed by atoms with Gasteiger partial charge >= 0.3 is 0 Å². The summed E-state index contributed by atoms with van der Waals surface area (Å²) in [4.78, 5) is 0. The van der Waals surface area contributed by atoms with Gasteiger partial charge in [0.25, 0.3) is 0 Å². The van der Waals surface area contributed by atoms with E-state index in [1.807, 2.05) is 24.3 Å². The minimum atomic E-state index is 0.686. The largest absolute Gasteiger partial charge is 0.315 e. The molecule has 1 aromatic heterocycles. The zero-order valence-electron chi connectivity index (χ0n) is 11.3. The number of nitrogens with one attached hydrogen (secondary N) is 1. The molecule has 2 aromatic rings. The summed E-state index contributed by atoms with van der Waals surface area (Å²) in [6, 6.07) is 9.78. The van der Waals surface area contributed by atoms with Crippen LogP contribution in [-0.2, 0) is 12.3 Å². The second-order valence-electron chi connectivity index (χ2n) is 4.10. The lowest BCUT2D eigenvalue weighted by molar-refractivity contribution is 0.517. The number of rotatable bonds is 7. The molecule has 0 unspecified atom stereocenters. The highest BCUT2D eigenvalue weighted by atomic mass is 32.2. The van der Waals surface area contributed by atoms with E-state index in [2.05, 4.69) is 33.8 Å². The molecule has 104 valence electrons. The average molecular weight is 288 g/mol. The maximum absolute atomic E-state index is 9.06. The van der Waals surface area contributed by atoms with Crippen LogP contribution < -0.4 is 5.32 Å². The summed E-state index contributed by atoms with van der Waals surface area (Å²) in [7, 11) is 0. The maximum Gasteiger partial charge on any atom is 0.209 e. The molecular formula is C13H16N6S. The summed E-state index contributed by atoms with van der Waals surface area (Å²) < 4.78 is 1.78. The van der Waals surface area contributed by atoms with Gasteiger partial charge < -0.3 is 5.32 Å². The second kappa shape index (κ2) is 7.62. The van der Waals surface area contributed by atoms with Crippen molar-refractivity contribution in [1.82, 2.24) is 25.5 Å². The highest BCUT2D eigenvalue weighted by Crippen LogP contribution is 2.21. The molecule has 0 aliphatic heterocycles. The number of benzene rings is 1. The van der Waals surface area contributed by atoms with Gasteiger partial charge in [0.05, 0.1) is 18.2 Å². The summed E-state index contributed by atoms with van der Waals surface area (Å²) in [6.45, 7) is 4.57. The van der Waals surface area contributed by atoms with E-state index in [-0.39, 0.29) is 0 Å². The Morgan fingerprint density at radius 3 is 3.05 bits per heavy atom. The molecule has 0 fully saturated rings. The summed E-state index contributed by atoms with van der Waals surface area (Å²) in [5, 5.41) is 24.8.